The molecule has 0 rings (SSSR count). The fraction of sp³-hybridized carbons (Fsp3) is 0.556. The molecule has 0 saturated heterocycles. The van der Waals surface area contributed by atoms with Crippen molar-refractivity contribution in [2.75, 3.05) is 13.1 Å². The van der Waals surface area contributed by atoms with Crippen LogP contribution in [-0.4, -0.2) is 13.1 Å². The molecule has 0 unspecified atom stereocenters. The molecule has 10 heavy (non-hydrogen) atoms. The van der Waals surface area contributed by atoms with Gasteiger partial charge in [0, 0.05) is 6.54 Å². The second-order valence-electron chi connectivity index (χ2n) is 2.13. The summed E-state index contributed by atoms with van der Waals surface area (Å²) in [5.41, 5.74) is 0. The zero-order valence-corrected chi connectivity index (χ0v) is 6.93. The molecule has 0 atom stereocenters. The van der Waals surface area contributed by atoms with Gasteiger partial charge in [0.1, 0.15) is 0 Å². The van der Waals surface area contributed by atoms with E-state index in [2.05, 4.69) is 29.6 Å². The van der Waals surface area contributed by atoms with Crippen LogP contribution in [0.3, 0.4) is 0 Å². The molecule has 1 heteroatoms. The van der Waals surface area contributed by atoms with Gasteiger partial charge in [-0.25, -0.2) is 0 Å². The largest absolute Gasteiger partial charge is 0.313 e. The van der Waals surface area contributed by atoms with Crippen LogP contribution < -0.4 is 5.32 Å². The summed E-state index contributed by atoms with van der Waals surface area (Å²) in [5.74, 6) is 0. The van der Waals surface area contributed by atoms with Crippen molar-refractivity contribution in [2.45, 2.75) is 20.3 Å². The monoisotopic (exact) mass is 139 g/mol. The van der Waals surface area contributed by atoms with Gasteiger partial charge in [-0.3, -0.25) is 0 Å². The lowest BCUT2D eigenvalue weighted by molar-refractivity contribution is 0.756. The molecule has 0 aliphatic heterocycles. The molecule has 0 spiro atoms. The van der Waals surface area contributed by atoms with Crippen LogP contribution in [0.25, 0.3) is 0 Å². The zero-order valence-electron chi connectivity index (χ0n) is 6.93. The van der Waals surface area contributed by atoms with Gasteiger partial charge >= 0.3 is 0 Å². The van der Waals surface area contributed by atoms with Crippen LogP contribution in [0.2, 0.25) is 0 Å². The summed E-state index contributed by atoms with van der Waals surface area (Å²) in [6.45, 7) is 6.16. The predicted octanol–water partition coefficient (Wildman–Crippen LogP) is 2.12. The number of allylic oxidation sites excluding steroid dienone is 2. The Labute approximate surface area is 63.8 Å². The Kier molecular flexibility index (Phi) is 7.97. The van der Waals surface area contributed by atoms with Crippen molar-refractivity contribution in [1.82, 2.24) is 5.32 Å². The normalized spacial score (nSPS) is 11.8. The highest BCUT2D eigenvalue weighted by Crippen LogP contribution is 1.78. The van der Waals surface area contributed by atoms with Gasteiger partial charge in [-0.1, -0.05) is 24.3 Å². The van der Waals surface area contributed by atoms with E-state index in [1.54, 1.807) is 0 Å². The minimum Gasteiger partial charge on any atom is -0.313 e. The maximum absolute atomic E-state index is 3.28. The molecule has 0 bridgehead atoms. The summed E-state index contributed by atoms with van der Waals surface area (Å²) in [6.07, 6.45) is 9.56. The second kappa shape index (κ2) is 8.44. The Morgan fingerprint density at radius 2 is 1.80 bits per heavy atom. The van der Waals surface area contributed by atoms with Crippen LogP contribution in [0.5, 0.6) is 0 Å². The SMILES string of the molecule is C/C=C/CCNC/C=C/C. The van der Waals surface area contributed by atoms with Crippen LogP contribution in [0, 0.1) is 0 Å². The Morgan fingerprint density at radius 1 is 1.10 bits per heavy atom. The number of rotatable bonds is 5. The minimum atomic E-state index is 0.994. The smallest absolute Gasteiger partial charge is 0.0134 e. The fourth-order valence-electron chi connectivity index (χ4n) is 0.655. The molecule has 0 aromatic carbocycles. The molecule has 58 valence electrons. The average Bonchev–Trinajstić information content (AvgIpc) is 1.97. The van der Waals surface area contributed by atoms with Gasteiger partial charge in [-0.2, -0.15) is 0 Å². The van der Waals surface area contributed by atoms with Gasteiger partial charge in [0.25, 0.3) is 0 Å². The van der Waals surface area contributed by atoms with E-state index in [1.807, 2.05) is 13.8 Å². The van der Waals surface area contributed by atoms with E-state index in [4.69, 9.17) is 0 Å². The third-order valence-corrected chi connectivity index (χ3v) is 1.22. The lowest BCUT2D eigenvalue weighted by Gasteiger charge is -1.95. The topological polar surface area (TPSA) is 12.0 Å². The van der Waals surface area contributed by atoms with Crippen LogP contribution in [0.15, 0.2) is 24.3 Å². The summed E-state index contributed by atoms with van der Waals surface area (Å²) in [6, 6.07) is 0. The molecule has 0 radical (unpaired) electrons. The van der Waals surface area contributed by atoms with Gasteiger partial charge in [-0.15, -0.1) is 0 Å². The molecule has 0 aliphatic rings. The lowest BCUT2D eigenvalue weighted by Crippen LogP contribution is -2.13. The third-order valence-electron chi connectivity index (χ3n) is 1.22. The lowest BCUT2D eigenvalue weighted by atomic mass is 10.4. The molecule has 0 aliphatic carbocycles. The number of hydrogen-bond acceptors (Lipinski definition) is 1. The molecule has 1 N–H and O–H groups in total. The number of hydrogen-bond donors (Lipinski definition) is 1. The Morgan fingerprint density at radius 3 is 2.40 bits per heavy atom. The van der Waals surface area contributed by atoms with Gasteiger partial charge in [0.15, 0.2) is 0 Å². The van der Waals surface area contributed by atoms with Gasteiger partial charge < -0.3 is 5.32 Å². The summed E-state index contributed by atoms with van der Waals surface area (Å²) in [4.78, 5) is 0. The Hall–Kier alpha value is -0.560. The van der Waals surface area contributed by atoms with E-state index in [0.29, 0.717) is 0 Å². The molecule has 0 fully saturated rings. The Bertz CT molecular complexity index is 89.3. The fourth-order valence-corrected chi connectivity index (χ4v) is 0.655. The molecule has 0 aromatic rings. The highest BCUT2D eigenvalue weighted by atomic mass is 14.8. The summed E-state index contributed by atoms with van der Waals surface area (Å²) >= 11 is 0. The van der Waals surface area contributed by atoms with Crippen molar-refractivity contribution >= 4 is 0 Å². The summed E-state index contributed by atoms with van der Waals surface area (Å²) < 4.78 is 0. The molecule has 0 saturated carbocycles. The van der Waals surface area contributed by atoms with Crippen LogP contribution in [-0.2, 0) is 0 Å². The first-order valence-corrected chi connectivity index (χ1v) is 3.84. The van der Waals surface area contributed by atoms with Crippen LogP contribution >= 0.6 is 0 Å². The highest BCUT2D eigenvalue weighted by Gasteiger charge is 1.77. The first-order chi connectivity index (χ1) is 4.91. The van der Waals surface area contributed by atoms with Gasteiger partial charge in [-0.05, 0) is 26.8 Å². The van der Waals surface area contributed by atoms with E-state index in [0.717, 1.165) is 19.5 Å². The van der Waals surface area contributed by atoms with E-state index in [-0.39, 0.29) is 0 Å². The van der Waals surface area contributed by atoms with Crippen LogP contribution in [0.1, 0.15) is 20.3 Å². The molecular weight excluding hydrogens is 122 g/mol. The standard InChI is InChI=1S/C9H17N/c1-3-5-7-9-10-8-6-4-2/h3-6,10H,7-9H2,1-2H3/b5-3+,6-4+. The van der Waals surface area contributed by atoms with Gasteiger partial charge in [0.05, 0.1) is 0 Å². The highest BCUT2D eigenvalue weighted by molar-refractivity contribution is 4.81. The second-order valence-corrected chi connectivity index (χ2v) is 2.13. The van der Waals surface area contributed by atoms with E-state index >= 15 is 0 Å². The minimum absolute atomic E-state index is 0.994. The van der Waals surface area contributed by atoms with Crippen molar-refractivity contribution in [1.29, 1.82) is 0 Å². The first kappa shape index (κ1) is 9.44. The quantitative estimate of drug-likeness (QED) is 0.454. The van der Waals surface area contributed by atoms with Crippen molar-refractivity contribution < 1.29 is 0 Å². The molecule has 0 aromatic heterocycles. The average molecular weight is 139 g/mol. The van der Waals surface area contributed by atoms with Crippen LogP contribution in [0.4, 0.5) is 0 Å². The third kappa shape index (κ3) is 7.44. The van der Waals surface area contributed by atoms with Crippen molar-refractivity contribution in [3.8, 4) is 0 Å². The van der Waals surface area contributed by atoms with Crippen molar-refractivity contribution in [3.05, 3.63) is 24.3 Å². The summed E-state index contributed by atoms with van der Waals surface area (Å²) in [7, 11) is 0. The van der Waals surface area contributed by atoms with Crippen molar-refractivity contribution in [2.24, 2.45) is 0 Å². The van der Waals surface area contributed by atoms with E-state index < -0.39 is 0 Å². The Balaban J connectivity index is 2.90. The summed E-state index contributed by atoms with van der Waals surface area (Å²) in [5, 5.41) is 3.28. The zero-order chi connectivity index (χ0) is 7.66. The predicted molar refractivity (Wildman–Crippen MR) is 47.1 cm³/mol. The molecular formula is C9H17N. The van der Waals surface area contributed by atoms with E-state index in [1.165, 1.54) is 0 Å². The first-order valence-electron chi connectivity index (χ1n) is 3.84. The molecule has 0 heterocycles. The maximum atomic E-state index is 3.28. The van der Waals surface area contributed by atoms with Gasteiger partial charge in [0.2, 0.25) is 0 Å². The van der Waals surface area contributed by atoms with Crippen molar-refractivity contribution in [3.63, 3.8) is 0 Å². The van der Waals surface area contributed by atoms with E-state index in [9.17, 15) is 0 Å². The number of nitrogens with one attached hydrogen (secondary N) is 1. The molecule has 0 amide bonds. The maximum Gasteiger partial charge on any atom is 0.0134 e. The molecule has 1 nitrogen and oxygen atoms in total.